The van der Waals surface area contributed by atoms with Gasteiger partial charge in [0.15, 0.2) is 5.65 Å². The molecule has 2 aromatic heterocycles. The molecule has 1 saturated heterocycles. The number of nitrogens with zero attached hydrogens (tertiary/aromatic N) is 3. The molecule has 0 aliphatic carbocycles. The molecule has 0 amide bonds. The van der Waals surface area contributed by atoms with Gasteiger partial charge in [-0.1, -0.05) is 0 Å². The van der Waals surface area contributed by atoms with Gasteiger partial charge >= 0.3 is 0 Å². The summed E-state index contributed by atoms with van der Waals surface area (Å²) >= 11 is 0. The van der Waals surface area contributed by atoms with Gasteiger partial charge in [0.25, 0.3) is 0 Å². The number of nitrogens with one attached hydrogen (secondary N) is 1. The lowest BCUT2D eigenvalue weighted by Crippen LogP contribution is -2.28. The van der Waals surface area contributed by atoms with Gasteiger partial charge in [0.05, 0.1) is 29.4 Å². The van der Waals surface area contributed by atoms with E-state index >= 15 is 0 Å². The molecular formula is C19H24N4O2. The first-order chi connectivity index (χ1) is 12.1. The number of anilines is 1. The third kappa shape index (κ3) is 2.70. The zero-order valence-electron chi connectivity index (χ0n) is 15.2. The fourth-order valence-electron chi connectivity index (χ4n) is 3.71. The number of hydrogen-bond acceptors (Lipinski definition) is 5. The summed E-state index contributed by atoms with van der Waals surface area (Å²) < 4.78 is 12.9. The summed E-state index contributed by atoms with van der Waals surface area (Å²) in [6.07, 6.45) is 2.02. The number of methoxy groups -OCH3 is 1. The van der Waals surface area contributed by atoms with Crippen LogP contribution in [0, 0.1) is 13.8 Å². The number of ether oxygens (including phenoxy) is 2. The second-order valence-corrected chi connectivity index (χ2v) is 6.77. The van der Waals surface area contributed by atoms with Crippen LogP contribution in [0.3, 0.4) is 0 Å². The van der Waals surface area contributed by atoms with E-state index in [1.54, 1.807) is 7.11 Å². The molecule has 0 spiro atoms. The smallest absolute Gasteiger partial charge is 0.160 e. The van der Waals surface area contributed by atoms with Gasteiger partial charge in [0.1, 0.15) is 5.75 Å². The van der Waals surface area contributed by atoms with Crippen molar-refractivity contribution >= 4 is 27.6 Å². The highest BCUT2D eigenvalue weighted by molar-refractivity contribution is 6.09. The minimum Gasteiger partial charge on any atom is -0.497 e. The van der Waals surface area contributed by atoms with Crippen molar-refractivity contribution < 1.29 is 9.47 Å². The zero-order chi connectivity index (χ0) is 17.6. The summed E-state index contributed by atoms with van der Waals surface area (Å²) in [5, 5.41) is 10.5. The van der Waals surface area contributed by atoms with Crippen LogP contribution in [0.4, 0.5) is 5.69 Å². The van der Waals surface area contributed by atoms with Crippen LogP contribution < -0.4 is 10.1 Å². The molecular weight excluding hydrogens is 316 g/mol. The third-order valence-electron chi connectivity index (χ3n) is 5.01. The Hall–Kier alpha value is -2.34. The Morgan fingerprint density at radius 2 is 2.00 bits per heavy atom. The fraction of sp³-hybridized carbons (Fsp3) is 0.474. The van der Waals surface area contributed by atoms with E-state index in [0.29, 0.717) is 6.04 Å². The van der Waals surface area contributed by atoms with Crippen molar-refractivity contribution in [2.24, 2.45) is 7.05 Å². The summed E-state index contributed by atoms with van der Waals surface area (Å²) in [5.74, 6) is 0.850. The standard InChI is InChI=1S/C19H24N4O2/c1-11-9-14(24-4)10-15-17(11)21-19-16(12(2)22-23(19)3)18(15)20-13-5-7-25-8-6-13/h9-10,13H,5-8H2,1-4H3,(H,20,21). The van der Waals surface area contributed by atoms with E-state index in [2.05, 4.69) is 23.4 Å². The van der Waals surface area contributed by atoms with Gasteiger partial charge in [0.2, 0.25) is 0 Å². The Morgan fingerprint density at radius 3 is 2.72 bits per heavy atom. The van der Waals surface area contributed by atoms with E-state index in [4.69, 9.17) is 14.5 Å². The second kappa shape index (κ2) is 6.19. The van der Waals surface area contributed by atoms with Crippen LogP contribution in [0.15, 0.2) is 12.1 Å². The predicted octanol–water partition coefficient (Wildman–Crippen LogP) is 3.34. The molecule has 1 aliphatic rings. The highest BCUT2D eigenvalue weighted by atomic mass is 16.5. The number of pyridine rings is 1. The normalized spacial score (nSPS) is 15.8. The molecule has 0 unspecified atom stereocenters. The van der Waals surface area contributed by atoms with Gasteiger partial charge in [-0.2, -0.15) is 5.10 Å². The number of benzene rings is 1. The average molecular weight is 340 g/mol. The van der Waals surface area contributed by atoms with Crippen molar-refractivity contribution in [2.45, 2.75) is 32.7 Å². The second-order valence-electron chi connectivity index (χ2n) is 6.77. The fourth-order valence-corrected chi connectivity index (χ4v) is 3.71. The van der Waals surface area contributed by atoms with Crippen molar-refractivity contribution in [3.63, 3.8) is 0 Å². The lowest BCUT2D eigenvalue weighted by molar-refractivity contribution is 0.0905. The van der Waals surface area contributed by atoms with Crippen molar-refractivity contribution in [2.75, 3.05) is 25.6 Å². The van der Waals surface area contributed by atoms with Crippen molar-refractivity contribution in [3.8, 4) is 5.75 Å². The first kappa shape index (κ1) is 16.1. The quantitative estimate of drug-likeness (QED) is 0.792. The predicted molar refractivity (Wildman–Crippen MR) is 99.5 cm³/mol. The van der Waals surface area contributed by atoms with Gasteiger partial charge in [-0.25, -0.2) is 4.98 Å². The zero-order valence-corrected chi connectivity index (χ0v) is 15.2. The van der Waals surface area contributed by atoms with E-state index in [1.165, 1.54) is 0 Å². The lowest BCUT2D eigenvalue weighted by Gasteiger charge is -2.25. The summed E-state index contributed by atoms with van der Waals surface area (Å²) in [6, 6.07) is 4.50. The average Bonchev–Trinajstić information content (AvgIpc) is 2.90. The first-order valence-electron chi connectivity index (χ1n) is 8.74. The van der Waals surface area contributed by atoms with Crippen LogP contribution in [0.5, 0.6) is 5.75 Å². The van der Waals surface area contributed by atoms with Crippen molar-refractivity contribution in [1.82, 2.24) is 14.8 Å². The molecule has 1 aliphatic heterocycles. The van der Waals surface area contributed by atoms with Gasteiger partial charge < -0.3 is 14.8 Å². The molecule has 6 heteroatoms. The first-order valence-corrected chi connectivity index (χ1v) is 8.74. The Labute approximate surface area is 147 Å². The van der Waals surface area contributed by atoms with Gasteiger partial charge in [0, 0.05) is 31.7 Å². The summed E-state index contributed by atoms with van der Waals surface area (Å²) in [6.45, 7) is 5.72. The van der Waals surface area contributed by atoms with E-state index < -0.39 is 0 Å². The topological polar surface area (TPSA) is 61.2 Å². The van der Waals surface area contributed by atoms with Crippen molar-refractivity contribution in [3.05, 3.63) is 23.4 Å². The molecule has 0 bridgehead atoms. The van der Waals surface area contributed by atoms with Gasteiger partial charge in [-0.3, -0.25) is 4.68 Å². The largest absolute Gasteiger partial charge is 0.497 e. The molecule has 25 heavy (non-hydrogen) atoms. The molecule has 132 valence electrons. The van der Waals surface area contributed by atoms with Crippen LogP contribution in [0.2, 0.25) is 0 Å². The Bertz CT molecular complexity index is 942. The Balaban J connectivity index is 2.00. The van der Waals surface area contributed by atoms with Crippen molar-refractivity contribution in [1.29, 1.82) is 0 Å². The molecule has 3 heterocycles. The number of rotatable bonds is 3. The number of aromatic nitrogens is 3. The minimum atomic E-state index is 0.397. The van der Waals surface area contributed by atoms with Gasteiger partial charge in [-0.15, -0.1) is 0 Å². The lowest BCUT2D eigenvalue weighted by atomic mass is 10.0. The maximum absolute atomic E-state index is 5.51. The maximum atomic E-state index is 5.51. The summed E-state index contributed by atoms with van der Waals surface area (Å²) in [5.41, 5.74) is 5.10. The molecule has 1 N–H and O–H groups in total. The SMILES string of the molecule is COc1cc(C)c2nc3c(c(C)nn3C)c(NC3CCOCC3)c2c1. The van der Waals surface area contributed by atoms with E-state index in [0.717, 1.165) is 70.7 Å². The number of fused-ring (bicyclic) bond motifs is 2. The molecule has 1 fully saturated rings. The van der Waals surface area contributed by atoms with Crippen LogP contribution in [0.25, 0.3) is 21.9 Å². The Kier molecular flexibility index (Phi) is 4.00. The molecule has 0 atom stereocenters. The number of hydrogen-bond donors (Lipinski definition) is 1. The Morgan fingerprint density at radius 1 is 1.24 bits per heavy atom. The summed E-state index contributed by atoms with van der Waals surface area (Å²) in [4.78, 5) is 4.91. The molecule has 0 saturated carbocycles. The molecule has 4 rings (SSSR count). The molecule has 0 radical (unpaired) electrons. The van der Waals surface area contributed by atoms with Crippen LogP contribution in [-0.2, 0) is 11.8 Å². The highest BCUT2D eigenvalue weighted by Crippen LogP contribution is 2.37. The van der Waals surface area contributed by atoms with Gasteiger partial charge in [-0.05, 0) is 44.4 Å². The minimum absolute atomic E-state index is 0.397. The van der Waals surface area contributed by atoms with E-state index in [1.807, 2.05) is 24.7 Å². The molecule has 6 nitrogen and oxygen atoms in total. The molecule has 1 aromatic carbocycles. The number of aryl methyl sites for hydroxylation is 3. The third-order valence-corrected chi connectivity index (χ3v) is 5.01. The van der Waals surface area contributed by atoms with E-state index in [-0.39, 0.29) is 0 Å². The maximum Gasteiger partial charge on any atom is 0.160 e. The van der Waals surface area contributed by atoms with Crippen LogP contribution in [0.1, 0.15) is 24.1 Å². The summed E-state index contributed by atoms with van der Waals surface area (Å²) in [7, 11) is 3.65. The monoisotopic (exact) mass is 340 g/mol. The molecule has 3 aromatic rings. The van der Waals surface area contributed by atoms with E-state index in [9.17, 15) is 0 Å². The van der Waals surface area contributed by atoms with Crippen LogP contribution in [-0.4, -0.2) is 41.1 Å². The van der Waals surface area contributed by atoms with Crippen LogP contribution >= 0.6 is 0 Å². The highest BCUT2D eigenvalue weighted by Gasteiger charge is 2.21.